The Morgan fingerprint density at radius 1 is 1.15 bits per heavy atom. The smallest absolute Gasteiger partial charge is 0.387 e. The third-order valence-corrected chi connectivity index (χ3v) is 6.64. The maximum atomic E-state index is 13.0. The van der Waals surface area contributed by atoms with Gasteiger partial charge < -0.3 is 10.1 Å². The summed E-state index contributed by atoms with van der Waals surface area (Å²) < 4.78 is 56.4. The Morgan fingerprint density at radius 3 is 2.65 bits per heavy atom. The molecule has 5 nitrogen and oxygen atoms in total. The minimum absolute atomic E-state index is 0.0595. The van der Waals surface area contributed by atoms with E-state index in [0.29, 0.717) is 24.6 Å². The molecule has 26 heavy (non-hydrogen) atoms. The first-order valence-corrected chi connectivity index (χ1v) is 9.80. The Kier molecular flexibility index (Phi) is 4.32. The van der Waals surface area contributed by atoms with Crippen molar-refractivity contribution in [2.24, 2.45) is 0 Å². The molecule has 138 valence electrons. The van der Waals surface area contributed by atoms with Crippen LogP contribution in [0, 0.1) is 0 Å². The second kappa shape index (κ2) is 6.51. The second-order valence-corrected chi connectivity index (χ2v) is 8.29. The molecule has 2 aromatic carbocycles. The summed E-state index contributed by atoms with van der Waals surface area (Å²) in [7, 11) is -3.84. The molecule has 0 bridgehead atoms. The van der Waals surface area contributed by atoms with Crippen LogP contribution in [0.15, 0.2) is 47.4 Å². The van der Waals surface area contributed by atoms with Gasteiger partial charge in [0.2, 0.25) is 0 Å². The first-order chi connectivity index (χ1) is 12.4. The van der Waals surface area contributed by atoms with E-state index in [-0.39, 0.29) is 10.6 Å². The van der Waals surface area contributed by atoms with E-state index >= 15 is 0 Å². The van der Waals surface area contributed by atoms with Crippen LogP contribution in [-0.2, 0) is 16.4 Å². The number of benzene rings is 2. The average Bonchev–Trinajstić information content (AvgIpc) is 2.97. The minimum Gasteiger partial charge on any atom is -0.435 e. The molecule has 2 heterocycles. The van der Waals surface area contributed by atoms with Crippen molar-refractivity contribution in [1.29, 1.82) is 0 Å². The fourth-order valence-corrected chi connectivity index (χ4v) is 4.90. The van der Waals surface area contributed by atoms with Crippen molar-refractivity contribution in [1.82, 2.24) is 5.32 Å². The van der Waals surface area contributed by atoms with Crippen LogP contribution < -0.4 is 14.4 Å². The molecule has 1 fully saturated rings. The topological polar surface area (TPSA) is 58.6 Å². The van der Waals surface area contributed by atoms with Crippen LogP contribution in [-0.4, -0.2) is 34.7 Å². The number of nitrogens with one attached hydrogen (secondary N) is 1. The van der Waals surface area contributed by atoms with Gasteiger partial charge in [-0.05, 0) is 35.7 Å². The van der Waals surface area contributed by atoms with Crippen molar-refractivity contribution in [3.8, 4) is 5.75 Å². The van der Waals surface area contributed by atoms with Crippen LogP contribution in [0.25, 0.3) is 0 Å². The molecule has 0 aromatic heterocycles. The Balaban J connectivity index is 1.64. The summed E-state index contributed by atoms with van der Waals surface area (Å²) in [6.07, 6.45) is 0.635. The molecule has 0 unspecified atom stereocenters. The number of sulfonamides is 1. The maximum Gasteiger partial charge on any atom is 0.387 e. The lowest BCUT2D eigenvalue weighted by atomic mass is 9.92. The van der Waals surface area contributed by atoms with E-state index in [9.17, 15) is 17.2 Å². The third kappa shape index (κ3) is 3.03. The number of rotatable bonds is 5. The van der Waals surface area contributed by atoms with Gasteiger partial charge in [-0.3, -0.25) is 4.31 Å². The van der Waals surface area contributed by atoms with Crippen molar-refractivity contribution in [2.75, 3.05) is 23.9 Å². The van der Waals surface area contributed by atoms with E-state index in [2.05, 4.69) is 16.1 Å². The predicted octanol–water partition coefficient (Wildman–Crippen LogP) is 2.73. The van der Waals surface area contributed by atoms with Gasteiger partial charge in [-0.1, -0.05) is 18.2 Å². The van der Waals surface area contributed by atoms with E-state index in [1.807, 2.05) is 12.1 Å². The summed E-state index contributed by atoms with van der Waals surface area (Å²) in [5, 5.41) is 3.23. The largest absolute Gasteiger partial charge is 0.435 e. The Morgan fingerprint density at radius 2 is 1.96 bits per heavy atom. The van der Waals surface area contributed by atoms with Crippen LogP contribution in [0.1, 0.15) is 17.0 Å². The third-order valence-electron chi connectivity index (χ3n) is 4.83. The highest BCUT2D eigenvalue weighted by molar-refractivity contribution is 7.92. The summed E-state index contributed by atoms with van der Waals surface area (Å²) >= 11 is 0. The van der Waals surface area contributed by atoms with E-state index in [1.54, 1.807) is 0 Å². The van der Waals surface area contributed by atoms with Gasteiger partial charge in [-0.2, -0.15) is 8.78 Å². The Bertz CT molecular complexity index is 930. The highest BCUT2D eigenvalue weighted by Gasteiger charge is 2.32. The second-order valence-electron chi connectivity index (χ2n) is 6.42. The van der Waals surface area contributed by atoms with Gasteiger partial charge in [-0.15, -0.1) is 0 Å². The number of ether oxygens (including phenoxy) is 1. The quantitative estimate of drug-likeness (QED) is 0.867. The molecule has 0 atom stereocenters. The van der Waals surface area contributed by atoms with Gasteiger partial charge in [0.25, 0.3) is 10.0 Å². The van der Waals surface area contributed by atoms with Crippen molar-refractivity contribution >= 4 is 15.7 Å². The zero-order valence-electron chi connectivity index (χ0n) is 13.9. The van der Waals surface area contributed by atoms with Crippen LogP contribution in [0.5, 0.6) is 5.75 Å². The van der Waals surface area contributed by atoms with Crippen LogP contribution >= 0.6 is 0 Å². The standard InChI is InChI=1S/C18H18F2N2O3S/c19-18(20)25-15-2-1-3-16(9-15)26(23,24)22-7-6-13-8-12(4-5-17(13)22)14-10-21-11-14/h1-5,8-9,14,18,21H,6-7,10-11H2. The first-order valence-electron chi connectivity index (χ1n) is 8.36. The zero-order chi connectivity index (χ0) is 18.3. The van der Waals surface area contributed by atoms with E-state index in [0.717, 1.165) is 24.7 Å². The normalized spacial score (nSPS) is 17.3. The van der Waals surface area contributed by atoms with E-state index in [4.69, 9.17) is 0 Å². The van der Waals surface area contributed by atoms with Crippen molar-refractivity contribution in [2.45, 2.75) is 23.8 Å². The SMILES string of the molecule is O=S(=O)(c1cccc(OC(F)F)c1)N1CCc2cc(C3CNC3)ccc21. The van der Waals surface area contributed by atoms with Crippen LogP contribution in [0.2, 0.25) is 0 Å². The molecule has 0 saturated carbocycles. The zero-order valence-corrected chi connectivity index (χ0v) is 14.7. The molecule has 0 spiro atoms. The van der Waals surface area contributed by atoms with Gasteiger partial charge in [0, 0.05) is 31.6 Å². The number of halogens is 2. The molecule has 4 rings (SSSR count). The number of hydrogen-bond donors (Lipinski definition) is 1. The molecule has 2 aromatic rings. The molecule has 2 aliphatic rings. The van der Waals surface area contributed by atoms with Gasteiger partial charge in [-0.25, -0.2) is 8.42 Å². The summed E-state index contributed by atoms with van der Waals surface area (Å²) in [5.74, 6) is 0.308. The lowest BCUT2D eigenvalue weighted by molar-refractivity contribution is -0.0499. The number of hydrogen-bond acceptors (Lipinski definition) is 4. The molecule has 0 aliphatic carbocycles. The average molecular weight is 380 g/mol. The lowest BCUT2D eigenvalue weighted by Crippen LogP contribution is -2.39. The van der Waals surface area contributed by atoms with Gasteiger partial charge >= 0.3 is 6.61 Å². The van der Waals surface area contributed by atoms with Crippen LogP contribution in [0.3, 0.4) is 0 Å². The first kappa shape index (κ1) is 17.2. The Hall–Kier alpha value is -2.19. The van der Waals surface area contributed by atoms with Gasteiger partial charge in [0.15, 0.2) is 0 Å². The van der Waals surface area contributed by atoms with Gasteiger partial charge in [0.1, 0.15) is 5.75 Å². The van der Waals surface area contributed by atoms with Crippen molar-refractivity contribution < 1.29 is 21.9 Å². The summed E-state index contributed by atoms with van der Waals surface area (Å²) in [5.41, 5.74) is 2.87. The Labute approximate surface area is 150 Å². The maximum absolute atomic E-state index is 13.0. The molecule has 2 aliphatic heterocycles. The molecular formula is C18H18F2N2O3S. The van der Waals surface area contributed by atoms with Gasteiger partial charge in [0.05, 0.1) is 10.6 Å². The van der Waals surface area contributed by atoms with Crippen LogP contribution in [0.4, 0.5) is 14.5 Å². The number of anilines is 1. The molecule has 1 N–H and O–H groups in total. The predicted molar refractivity (Wildman–Crippen MR) is 93.4 cm³/mol. The molecule has 8 heteroatoms. The highest BCUT2D eigenvalue weighted by Crippen LogP contribution is 2.36. The van der Waals surface area contributed by atoms with Crippen molar-refractivity contribution in [3.63, 3.8) is 0 Å². The summed E-state index contributed by atoms with van der Waals surface area (Å²) in [4.78, 5) is -0.0595. The monoisotopic (exact) mass is 380 g/mol. The summed E-state index contributed by atoms with van der Waals surface area (Å²) in [6, 6.07) is 11.1. The fourth-order valence-electron chi connectivity index (χ4n) is 3.36. The summed E-state index contributed by atoms with van der Waals surface area (Å²) in [6.45, 7) is -0.778. The van der Waals surface area contributed by atoms with Crippen molar-refractivity contribution in [3.05, 3.63) is 53.6 Å². The molecule has 1 saturated heterocycles. The minimum atomic E-state index is -3.84. The lowest BCUT2D eigenvalue weighted by Gasteiger charge is -2.28. The number of nitrogens with zero attached hydrogens (tertiary/aromatic N) is 1. The highest BCUT2D eigenvalue weighted by atomic mass is 32.2. The number of alkyl halides is 2. The molecule has 0 amide bonds. The molecular weight excluding hydrogens is 362 g/mol. The number of fused-ring (bicyclic) bond motifs is 1. The molecule has 0 radical (unpaired) electrons. The van der Waals surface area contributed by atoms with E-state index < -0.39 is 16.6 Å². The fraction of sp³-hybridized carbons (Fsp3) is 0.333. The van der Waals surface area contributed by atoms with E-state index in [1.165, 1.54) is 28.1 Å².